The first-order chi connectivity index (χ1) is 14.7. The van der Waals surface area contributed by atoms with Crippen LogP contribution >= 0.6 is 22.7 Å². The second-order valence-corrected chi connectivity index (χ2v) is 9.45. The third-order valence-electron chi connectivity index (χ3n) is 5.36. The summed E-state index contributed by atoms with van der Waals surface area (Å²) in [6.45, 7) is 5.90. The molecule has 0 bridgehead atoms. The zero-order chi connectivity index (χ0) is 20.8. The van der Waals surface area contributed by atoms with Gasteiger partial charge in [0.15, 0.2) is 0 Å². The minimum absolute atomic E-state index is 0.139. The molecule has 1 fully saturated rings. The highest BCUT2D eigenvalue weighted by atomic mass is 32.1. The number of anilines is 1. The topological polar surface area (TPSA) is 36.0 Å². The number of piperazine rings is 1. The van der Waals surface area contributed by atoms with E-state index in [9.17, 15) is 4.79 Å². The van der Waals surface area contributed by atoms with Crippen LogP contribution in [0.5, 0.6) is 5.75 Å². The second kappa shape index (κ2) is 10.2. The molecule has 0 atom stereocenters. The van der Waals surface area contributed by atoms with Crippen LogP contribution < -0.4 is 9.64 Å². The van der Waals surface area contributed by atoms with E-state index in [1.807, 2.05) is 46.6 Å². The molecule has 7 heteroatoms. The minimum atomic E-state index is 0.139. The van der Waals surface area contributed by atoms with Gasteiger partial charge in [0.2, 0.25) is 5.91 Å². The SMILES string of the molecule is COc1ccc(N(Cc2cccs2)C(=O)CN2CCN(Cc3cccs3)CC2)cc1. The van der Waals surface area contributed by atoms with Gasteiger partial charge in [0.25, 0.3) is 0 Å². The fourth-order valence-electron chi connectivity index (χ4n) is 3.65. The molecule has 1 aliphatic rings. The molecular weight excluding hydrogens is 414 g/mol. The number of methoxy groups -OCH3 is 1. The van der Waals surface area contributed by atoms with Crippen LogP contribution in [0.1, 0.15) is 9.75 Å². The maximum Gasteiger partial charge on any atom is 0.241 e. The van der Waals surface area contributed by atoms with Crippen molar-refractivity contribution in [2.45, 2.75) is 13.1 Å². The summed E-state index contributed by atoms with van der Waals surface area (Å²) in [6.07, 6.45) is 0. The highest BCUT2D eigenvalue weighted by Crippen LogP contribution is 2.23. The Labute approximate surface area is 186 Å². The van der Waals surface area contributed by atoms with Crippen molar-refractivity contribution < 1.29 is 9.53 Å². The summed E-state index contributed by atoms with van der Waals surface area (Å²) in [5.74, 6) is 0.935. The summed E-state index contributed by atoms with van der Waals surface area (Å²) in [7, 11) is 1.65. The number of benzene rings is 1. The number of ether oxygens (including phenoxy) is 1. The lowest BCUT2D eigenvalue weighted by Crippen LogP contribution is -2.49. The minimum Gasteiger partial charge on any atom is -0.497 e. The fraction of sp³-hybridized carbons (Fsp3) is 0.348. The first kappa shape index (κ1) is 21.1. The van der Waals surface area contributed by atoms with Crippen LogP contribution in [0.4, 0.5) is 5.69 Å². The van der Waals surface area contributed by atoms with Crippen molar-refractivity contribution in [3.8, 4) is 5.75 Å². The first-order valence-corrected chi connectivity index (χ1v) is 11.9. The van der Waals surface area contributed by atoms with Gasteiger partial charge in [-0.15, -0.1) is 22.7 Å². The van der Waals surface area contributed by atoms with Gasteiger partial charge in [0.05, 0.1) is 20.2 Å². The summed E-state index contributed by atoms with van der Waals surface area (Å²) in [4.78, 5) is 22.5. The average molecular weight is 442 g/mol. The van der Waals surface area contributed by atoms with Crippen LogP contribution in [-0.2, 0) is 17.9 Å². The van der Waals surface area contributed by atoms with E-state index in [1.54, 1.807) is 18.4 Å². The number of hydrogen-bond donors (Lipinski definition) is 0. The smallest absolute Gasteiger partial charge is 0.241 e. The predicted octanol–water partition coefficient (Wildman–Crippen LogP) is 4.17. The van der Waals surface area contributed by atoms with E-state index in [2.05, 4.69) is 38.8 Å². The van der Waals surface area contributed by atoms with Gasteiger partial charge >= 0.3 is 0 Å². The number of hydrogen-bond acceptors (Lipinski definition) is 6. The molecule has 158 valence electrons. The van der Waals surface area contributed by atoms with Crippen LogP contribution in [-0.4, -0.2) is 55.5 Å². The molecule has 0 saturated carbocycles. The van der Waals surface area contributed by atoms with Crippen molar-refractivity contribution in [3.63, 3.8) is 0 Å². The van der Waals surface area contributed by atoms with Crippen molar-refractivity contribution in [1.29, 1.82) is 0 Å². The molecular formula is C23H27N3O2S2. The largest absolute Gasteiger partial charge is 0.497 e. The molecule has 3 aromatic rings. The monoisotopic (exact) mass is 441 g/mol. The molecule has 5 nitrogen and oxygen atoms in total. The van der Waals surface area contributed by atoms with E-state index in [4.69, 9.17) is 4.74 Å². The van der Waals surface area contributed by atoms with E-state index in [-0.39, 0.29) is 5.91 Å². The third-order valence-corrected chi connectivity index (χ3v) is 7.08. The Bertz CT molecular complexity index is 903. The Morgan fingerprint density at radius 3 is 2.17 bits per heavy atom. The molecule has 1 aromatic carbocycles. The molecule has 4 rings (SSSR count). The number of rotatable bonds is 8. The maximum atomic E-state index is 13.3. The normalized spacial score (nSPS) is 15.2. The molecule has 2 aromatic heterocycles. The van der Waals surface area contributed by atoms with Crippen LogP contribution in [0.25, 0.3) is 0 Å². The fourth-order valence-corrected chi connectivity index (χ4v) is 5.09. The Hall–Kier alpha value is -2.19. The Morgan fingerprint density at radius 1 is 0.933 bits per heavy atom. The van der Waals surface area contributed by atoms with Gasteiger partial charge < -0.3 is 9.64 Å². The second-order valence-electron chi connectivity index (χ2n) is 7.39. The lowest BCUT2D eigenvalue weighted by atomic mass is 10.2. The summed E-state index contributed by atoms with van der Waals surface area (Å²) >= 11 is 3.49. The van der Waals surface area contributed by atoms with Crippen LogP contribution in [0.2, 0.25) is 0 Å². The van der Waals surface area contributed by atoms with Crippen LogP contribution in [0.3, 0.4) is 0 Å². The molecule has 0 radical (unpaired) electrons. The molecule has 0 aliphatic carbocycles. The van der Waals surface area contributed by atoms with Crippen molar-refractivity contribution in [2.24, 2.45) is 0 Å². The zero-order valence-electron chi connectivity index (χ0n) is 17.2. The standard InChI is InChI=1S/C23H27N3O2S2/c1-28-20-8-6-19(7-9-20)26(17-22-5-3-15-30-22)23(27)18-25-12-10-24(11-13-25)16-21-4-2-14-29-21/h2-9,14-15H,10-13,16-18H2,1H3. The van der Waals surface area contributed by atoms with E-state index < -0.39 is 0 Å². The van der Waals surface area contributed by atoms with Gasteiger partial charge in [-0.25, -0.2) is 0 Å². The van der Waals surface area contributed by atoms with Gasteiger partial charge in [0, 0.05) is 48.2 Å². The van der Waals surface area contributed by atoms with Crippen LogP contribution in [0, 0.1) is 0 Å². The molecule has 0 spiro atoms. The number of nitrogens with zero attached hydrogens (tertiary/aromatic N) is 3. The molecule has 1 amide bonds. The van der Waals surface area contributed by atoms with Gasteiger partial charge in [-0.2, -0.15) is 0 Å². The highest BCUT2D eigenvalue weighted by molar-refractivity contribution is 7.10. The Kier molecular flexibility index (Phi) is 7.17. The van der Waals surface area contributed by atoms with Crippen molar-refractivity contribution in [2.75, 3.05) is 44.7 Å². The molecule has 0 N–H and O–H groups in total. The molecule has 30 heavy (non-hydrogen) atoms. The zero-order valence-corrected chi connectivity index (χ0v) is 18.8. The quantitative estimate of drug-likeness (QED) is 0.526. The number of thiophene rings is 2. The third kappa shape index (κ3) is 5.49. The maximum absolute atomic E-state index is 13.3. The summed E-state index contributed by atoms with van der Waals surface area (Å²) in [5.41, 5.74) is 0.908. The summed E-state index contributed by atoms with van der Waals surface area (Å²) in [6, 6.07) is 16.2. The van der Waals surface area contributed by atoms with E-state index in [0.717, 1.165) is 44.2 Å². The van der Waals surface area contributed by atoms with E-state index >= 15 is 0 Å². The van der Waals surface area contributed by atoms with Crippen molar-refractivity contribution in [3.05, 3.63) is 69.0 Å². The van der Waals surface area contributed by atoms with Crippen molar-refractivity contribution >= 4 is 34.3 Å². The lowest BCUT2D eigenvalue weighted by Gasteiger charge is -2.35. The average Bonchev–Trinajstić information content (AvgIpc) is 3.48. The summed E-state index contributed by atoms with van der Waals surface area (Å²) in [5, 5.41) is 4.18. The summed E-state index contributed by atoms with van der Waals surface area (Å²) < 4.78 is 5.27. The molecule has 0 unspecified atom stereocenters. The highest BCUT2D eigenvalue weighted by Gasteiger charge is 2.23. The lowest BCUT2D eigenvalue weighted by molar-refractivity contribution is -0.120. The number of carbonyl (C=O) groups excluding carboxylic acids is 1. The van der Waals surface area contributed by atoms with Gasteiger partial charge in [-0.1, -0.05) is 12.1 Å². The van der Waals surface area contributed by atoms with E-state index in [0.29, 0.717) is 13.1 Å². The number of amides is 1. The number of carbonyl (C=O) groups is 1. The van der Waals surface area contributed by atoms with Gasteiger partial charge in [-0.05, 0) is 47.2 Å². The predicted molar refractivity (Wildman–Crippen MR) is 125 cm³/mol. The van der Waals surface area contributed by atoms with Crippen molar-refractivity contribution in [1.82, 2.24) is 9.80 Å². The molecule has 3 heterocycles. The van der Waals surface area contributed by atoms with Gasteiger partial charge in [-0.3, -0.25) is 14.6 Å². The Morgan fingerprint density at radius 2 is 1.57 bits per heavy atom. The Balaban J connectivity index is 1.37. The van der Waals surface area contributed by atoms with Crippen LogP contribution in [0.15, 0.2) is 59.3 Å². The van der Waals surface area contributed by atoms with E-state index in [1.165, 1.54) is 9.75 Å². The molecule has 1 aliphatic heterocycles. The van der Waals surface area contributed by atoms with Gasteiger partial charge in [0.1, 0.15) is 5.75 Å². The molecule has 1 saturated heterocycles. The first-order valence-electron chi connectivity index (χ1n) is 10.1.